The predicted octanol–water partition coefficient (Wildman–Crippen LogP) is 2.10. The lowest BCUT2D eigenvalue weighted by atomic mass is 10.1. The molecule has 0 saturated heterocycles. The smallest absolute Gasteiger partial charge is 0.229 e. The van der Waals surface area contributed by atoms with Gasteiger partial charge in [-0.1, -0.05) is 18.0 Å². The van der Waals surface area contributed by atoms with Gasteiger partial charge in [-0.25, -0.2) is 4.98 Å². The highest BCUT2D eigenvalue weighted by Gasteiger charge is 2.22. The van der Waals surface area contributed by atoms with Crippen LogP contribution in [0.15, 0.2) is 23.2 Å². The van der Waals surface area contributed by atoms with E-state index in [9.17, 15) is 0 Å². The van der Waals surface area contributed by atoms with E-state index in [0.29, 0.717) is 18.5 Å². The lowest BCUT2D eigenvalue weighted by Gasteiger charge is -2.12. The lowest BCUT2D eigenvalue weighted by Crippen LogP contribution is -2.30. The van der Waals surface area contributed by atoms with Crippen molar-refractivity contribution in [1.82, 2.24) is 25.0 Å². The molecular formula is C14H21N5O. The zero-order valence-corrected chi connectivity index (χ0v) is 11.8. The third-order valence-electron chi connectivity index (χ3n) is 3.84. The van der Waals surface area contributed by atoms with Crippen LogP contribution in [0.4, 0.5) is 0 Å². The van der Waals surface area contributed by atoms with Gasteiger partial charge in [-0.3, -0.25) is 0 Å². The van der Waals surface area contributed by atoms with Crippen LogP contribution in [0.25, 0.3) is 0 Å². The number of nitrogens with one attached hydrogen (secondary N) is 1. The molecule has 0 bridgehead atoms. The van der Waals surface area contributed by atoms with Gasteiger partial charge in [-0.15, -0.1) is 0 Å². The van der Waals surface area contributed by atoms with Crippen molar-refractivity contribution in [2.75, 3.05) is 0 Å². The first-order valence-electron chi connectivity index (χ1n) is 7.33. The Hall–Kier alpha value is -1.69. The van der Waals surface area contributed by atoms with Crippen LogP contribution in [0.2, 0.25) is 0 Å². The molecule has 1 N–H and O–H groups in total. The Morgan fingerprint density at radius 1 is 1.45 bits per heavy atom. The summed E-state index contributed by atoms with van der Waals surface area (Å²) in [5, 5.41) is 7.47. The second-order valence-electron chi connectivity index (χ2n) is 5.57. The van der Waals surface area contributed by atoms with Crippen molar-refractivity contribution in [3.63, 3.8) is 0 Å². The Labute approximate surface area is 118 Å². The number of hydrogen-bond acceptors (Lipinski definition) is 5. The van der Waals surface area contributed by atoms with Gasteiger partial charge < -0.3 is 14.4 Å². The Kier molecular flexibility index (Phi) is 4.11. The number of rotatable bonds is 6. The summed E-state index contributed by atoms with van der Waals surface area (Å²) in [5.41, 5.74) is 0. The molecule has 108 valence electrons. The first-order chi connectivity index (χ1) is 9.81. The second kappa shape index (κ2) is 6.17. The van der Waals surface area contributed by atoms with Gasteiger partial charge in [0, 0.05) is 30.9 Å². The standard InChI is InChI=1S/C14H21N5O/c1-11(9-19-7-6-15-10-19)16-8-13-17-14(20-18-13)12-4-2-3-5-12/h6-7,10-12,16H,2-5,8-9H2,1H3. The highest BCUT2D eigenvalue weighted by molar-refractivity contribution is 4.96. The first-order valence-corrected chi connectivity index (χ1v) is 7.33. The maximum absolute atomic E-state index is 5.37. The summed E-state index contributed by atoms with van der Waals surface area (Å²) in [4.78, 5) is 8.54. The number of nitrogens with zero attached hydrogens (tertiary/aromatic N) is 4. The fourth-order valence-corrected chi connectivity index (χ4v) is 2.72. The zero-order valence-electron chi connectivity index (χ0n) is 11.8. The summed E-state index contributed by atoms with van der Waals surface area (Å²) in [5.74, 6) is 2.06. The van der Waals surface area contributed by atoms with Crippen LogP contribution in [0.1, 0.15) is 50.2 Å². The Morgan fingerprint density at radius 2 is 2.30 bits per heavy atom. The van der Waals surface area contributed by atoms with Crippen LogP contribution < -0.4 is 5.32 Å². The minimum absolute atomic E-state index is 0.331. The van der Waals surface area contributed by atoms with Crippen molar-refractivity contribution in [3.8, 4) is 0 Å². The second-order valence-corrected chi connectivity index (χ2v) is 5.57. The molecule has 1 unspecified atom stereocenters. The largest absolute Gasteiger partial charge is 0.339 e. The molecule has 0 amide bonds. The van der Waals surface area contributed by atoms with Gasteiger partial charge in [-0.05, 0) is 19.8 Å². The summed E-state index contributed by atoms with van der Waals surface area (Å²) in [6.45, 7) is 3.66. The van der Waals surface area contributed by atoms with E-state index in [1.165, 1.54) is 25.7 Å². The van der Waals surface area contributed by atoms with Crippen molar-refractivity contribution < 1.29 is 4.52 Å². The maximum atomic E-state index is 5.37. The van der Waals surface area contributed by atoms with Crippen molar-refractivity contribution in [2.45, 2.75) is 57.7 Å². The average molecular weight is 275 g/mol. The molecular weight excluding hydrogens is 254 g/mol. The summed E-state index contributed by atoms with van der Waals surface area (Å²) < 4.78 is 7.42. The van der Waals surface area contributed by atoms with E-state index in [1.807, 2.05) is 12.5 Å². The molecule has 0 radical (unpaired) electrons. The fraction of sp³-hybridized carbons (Fsp3) is 0.643. The van der Waals surface area contributed by atoms with Crippen molar-refractivity contribution in [3.05, 3.63) is 30.4 Å². The van der Waals surface area contributed by atoms with E-state index in [0.717, 1.165) is 18.3 Å². The number of hydrogen-bond donors (Lipinski definition) is 1. The van der Waals surface area contributed by atoms with Gasteiger partial charge >= 0.3 is 0 Å². The summed E-state index contributed by atoms with van der Waals surface area (Å²) in [7, 11) is 0. The van der Waals surface area contributed by atoms with Gasteiger partial charge in [0.1, 0.15) is 0 Å². The van der Waals surface area contributed by atoms with Crippen molar-refractivity contribution >= 4 is 0 Å². The Morgan fingerprint density at radius 3 is 3.05 bits per heavy atom. The molecule has 6 heteroatoms. The normalized spacial score (nSPS) is 17.6. The molecule has 2 heterocycles. The molecule has 1 fully saturated rings. The number of aromatic nitrogens is 4. The SMILES string of the molecule is CC(Cn1ccnc1)NCc1noc(C2CCCC2)n1. The van der Waals surface area contributed by atoms with E-state index >= 15 is 0 Å². The van der Waals surface area contributed by atoms with Crippen LogP contribution in [0.3, 0.4) is 0 Å². The number of imidazole rings is 1. The van der Waals surface area contributed by atoms with Gasteiger partial charge in [0.25, 0.3) is 0 Å². The fourth-order valence-electron chi connectivity index (χ4n) is 2.72. The molecule has 1 atom stereocenters. The highest BCUT2D eigenvalue weighted by Crippen LogP contribution is 2.32. The Balaban J connectivity index is 1.48. The minimum atomic E-state index is 0.331. The van der Waals surface area contributed by atoms with Gasteiger partial charge in [0.05, 0.1) is 12.9 Å². The van der Waals surface area contributed by atoms with Crippen molar-refractivity contribution in [2.24, 2.45) is 0 Å². The summed E-state index contributed by atoms with van der Waals surface area (Å²) in [6, 6.07) is 0.331. The first kappa shape index (κ1) is 13.3. The van der Waals surface area contributed by atoms with Crippen LogP contribution in [-0.4, -0.2) is 25.7 Å². The van der Waals surface area contributed by atoms with Crippen LogP contribution in [-0.2, 0) is 13.1 Å². The molecule has 0 aliphatic heterocycles. The molecule has 1 aliphatic carbocycles. The summed E-state index contributed by atoms with van der Waals surface area (Å²) in [6.07, 6.45) is 10.5. The zero-order chi connectivity index (χ0) is 13.8. The Bertz CT molecular complexity index is 515. The van der Waals surface area contributed by atoms with Gasteiger partial charge in [-0.2, -0.15) is 4.98 Å². The molecule has 6 nitrogen and oxygen atoms in total. The van der Waals surface area contributed by atoms with Crippen molar-refractivity contribution in [1.29, 1.82) is 0 Å². The highest BCUT2D eigenvalue weighted by atomic mass is 16.5. The third-order valence-corrected chi connectivity index (χ3v) is 3.84. The lowest BCUT2D eigenvalue weighted by molar-refractivity contribution is 0.348. The molecule has 1 saturated carbocycles. The van der Waals surface area contributed by atoms with E-state index < -0.39 is 0 Å². The third kappa shape index (κ3) is 3.25. The van der Waals surface area contributed by atoms with E-state index in [2.05, 4.69) is 31.9 Å². The van der Waals surface area contributed by atoms with Gasteiger partial charge in [0.15, 0.2) is 5.82 Å². The van der Waals surface area contributed by atoms with Gasteiger partial charge in [0.2, 0.25) is 5.89 Å². The quantitative estimate of drug-likeness (QED) is 0.874. The molecule has 20 heavy (non-hydrogen) atoms. The summed E-state index contributed by atoms with van der Waals surface area (Å²) >= 11 is 0. The van der Waals surface area contributed by atoms with E-state index in [1.54, 1.807) is 6.20 Å². The van der Waals surface area contributed by atoms with Crippen LogP contribution in [0.5, 0.6) is 0 Å². The molecule has 0 spiro atoms. The molecule has 1 aliphatic rings. The average Bonchev–Trinajstić information content (AvgIpc) is 3.18. The van der Waals surface area contributed by atoms with Crippen LogP contribution >= 0.6 is 0 Å². The molecule has 2 aromatic rings. The molecule has 3 rings (SSSR count). The maximum Gasteiger partial charge on any atom is 0.229 e. The predicted molar refractivity (Wildman–Crippen MR) is 74.0 cm³/mol. The monoisotopic (exact) mass is 275 g/mol. The van der Waals surface area contributed by atoms with E-state index in [-0.39, 0.29) is 0 Å². The minimum Gasteiger partial charge on any atom is -0.339 e. The molecule has 2 aromatic heterocycles. The topological polar surface area (TPSA) is 68.8 Å². The molecule has 0 aromatic carbocycles. The van der Waals surface area contributed by atoms with Crippen LogP contribution in [0, 0.1) is 0 Å². The van der Waals surface area contributed by atoms with E-state index in [4.69, 9.17) is 4.52 Å².